The molecule has 6 heteroatoms. The molecular weight excluding hydrogens is 257 g/mol. The van der Waals surface area contributed by atoms with Gasteiger partial charge < -0.3 is 4.84 Å². The second-order valence-corrected chi connectivity index (χ2v) is 3.98. The van der Waals surface area contributed by atoms with Gasteiger partial charge in [0.25, 0.3) is 0 Å². The van der Waals surface area contributed by atoms with Gasteiger partial charge >= 0.3 is 6.18 Å². The molecule has 0 fully saturated rings. The van der Waals surface area contributed by atoms with Gasteiger partial charge in [-0.05, 0) is 31.1 Å². The second-order valence-electron chi connectivity index (χ2n) is 3.98. The van der Waals surface area contributed by atoms with Crippen LogP contribution in [0.4, 0.5) is 13.2 Å². The van der Waals surface area contributed by atoms with Crippen molar-refractivity contribution in [3.63, 3.8) is 0 Å². The summed E-state index contributed by atoms with van der Waals surface area (Å²) in [5, 5.41) is 3.79. The van der Waals surface area contributed by atoms with E-state index in [1.54, 1.807) is 6.92 Å². The number of rotatable bonds is 5. The molecule has 0 saturated heterocycles. The van der Waals surface area contributed by atoms with Crippen molar-refractivity contribution in [1.29, 1.82) is 0 Å². The molecule has 0 saturated carbocycles. The fraction of sp³-hybridized carbons (Fsp3) is 0.385. The SMILES string of the molecule is C=C(CC)CON=C(C)c1ccc(C(F)(F)F)cn1. The van der Waals surface area contributed by atoms with Gasteiger partial charge in [-0.1, -0.05) is 18.7 Å². The lowest BCUT2D eigenvalue weighted by molar-refractivity contribution is -0.137. The van der Waals surface area contributed by atoms with E-state index in [0.717, 1.165) is 24.3 Å². The van der Waals surface area contributed by atoms with Crippen LogP contribution in [0.3, 0.4) is 0 Å². The maximum atomic E-state index is 12.3. The van der Waals surface area contributed by atoms with E-state index in [4.69, 9.17) is 4.84 Å². The van der Waals surface area contributed by atoms with Gasteiger partial charge in [0.2, 0.25) is 0 Å². The number of hydrogen-bond acceptors (Lipinski definition) is 3. The summed E-state index contributed by atoms with van der Waals surface area (Å²) in [5.41, 5.74) is 0.856. The standard InChI is InChI=1S/C13H15F3N2O/c1-4-9(2)8-19-18-10(3)12-6-5-11(7-17-12)13(14,15)16/h5-7H,2,4,8H2,1,3H3. The van der Waals surface area contributed by atoms with E-state index >= 15 is 0 Å². The molecule has 0 unspecified atom stereocenters. The van der Waals surface area contributed by atoms with Crippen molar-refractivity contribution < 1.29 is 18.0 Å². The average molecular weight is 272 g/mol. The van der Waals surface area contributed by atoms with Crippen LogP contribution in [0.1, 0.15) is 31.5 Å². The Kier molecular flexibility index (Phi) is 5.09. The molecule has 0 bridgehead atoms. The van der Waals surface area contributed by atoms with Gasteiger partial charge in [-0.2, -0.15) is 13.2 Å². The molecule has 19 heavy (non-hydrogen) atoms. The third kappa shape index (κ3) is 4.73. The third-order valence-electron chi connectivity index (χ3n) is 2.43. The van der Waals surface area contributed by atoms with E-state index in [9.17, 15) is 13.2 Å². The molecule has 0 aromatic carbocycles. The first kappa shape index (κ1) is 15.2. The van der Waals surface area contributed by atoms with Gasteiger partial charge in [0.1, 0.15) is 12.3 Å². The van der Waals surface area contributed by atoms with E-state index in [2.05, 4.69) is 16.7 Å². The Morgan fingerprint density at radius 1 is 1.42 bits per heavy atom. The zero-order valence-corrected chi connectivity index (χ0v) is 10.8. The van der Waals surface area contributed by atoms with Crippen molar-refractivity contribution in [1.82, 2.24) is 4.98 Å². The number of halogens is 3. The summed E-state index contributed by atoms with van der Waals surface area (Å²) in [6.07, 6.45) is -2.82. The van der Waals surface area contributed by atoms with Crippen LogP contribution < -0.4 is 0 Å². The van der Waals surface area contributed by atoms with Crippen molar-refractivity contribution in [2.24, 2.45) is 5.16 Å². The predicted molar refractivity (Wildman–Crippen MR) is 66.8 cm³/mol. The van der Waals surface area contributed by atoms with Gasteiger partial charge in [-0.3, -0.25) is 4.98 Å². The summed E-state index contributed by atoms with van der Waals surface area (Å²) in [4.78, 5) is 8.74. The number of alkyl halides is 3. The Bertz CT molecular complexity index is 464. The first-order valence-electron chi connectivity index (χ1n) is 5.71. The summed E-state index contributed by atoms with van der Waals surface area (Å²) in [7, 11) is 0. The van der Waals surface area contributed by atoms with Gasteiger partial charge in [0, 0.05) is 6.20 Å². The number of pyridine rings is 1. The summed E-state index contributed by atoms with van der Waals surface area (Å²) >= 11 is 0. The molecule has 0 atom stereocenters. The van der Waals surface area contributed by atoms with Gasteiger partial charge in [0.15, 0.2) is 0 Å². The minimum absolute atomic E-state index is 0.286. The minimum atomic E-state index is -4.38. The summed E-state index contributed by atoms with van der Waals surface area (Å²) < 4.78 is 37.0. The Labute approximate surface area is 109 Å². The first-order valence-corrected chi connectivity index (χ1v) is 5.71. The average Bonchev–Trinajstić information content (AvgIpc) is 2.37. The highest BCUT2D eigenvalue weighted by Crippen LogP contribution is 2.28. The zero-order chi connectivity index (χ0) is 14.5. The van der Waals surface area contributed by atoms with Crippen LogP contribution >= 0.6 is 0 Å². The molecular formula is C13H15F3N2O. The fourth-order valence-corrected chi connectivity index (χ4v) is 1.14. The van der Waals surface area contributed by atoms with E-state index < -0.39 is 11.7 Å². The van der Waals surface area contributed by atoms with Gasteiger partial charge in [-0.15, -0.1) is 0 Å². The van der Waals surface area contributed by atoms with Crippen LogP contribution in [0, 0.1) is 0 Å². The second kappa shape index (κ2) is 6.36. The molecule has 1 aromatic rings. The van der Waals surface area contributed by atoms with E-state index in [1.165, 1.54) is 6.07 Å². The normalized spacial score (nSPS) is 12.4. The maximum absolute atomic E-state index is 12.3. The monoisotopic (exact) mass is 272 g/mol. The molecule has 1 rings (SSSR count). The lowest BCUT2D eigenvalue weighted by Gasteiger charge is -2.07. The molecule has 0 spiro atoms. The van der Waals surface area contributed by atoms with Crippen LogP contribution in [-0.2, 0) is 11.0 Å². The predicted octanol–water partition coefficient (Wildman–Crippen LogP) is 3.81. The number of oxime groups is 1. The Morgan fingerprint density at radius 3 is 2.58 bits per heavy atom. The highest BCUT2D eigenvalue weighted by Gasteiger charge is 2.30. The lowest BCUT2D eigenvalue weighted by Crippen LogP contribution is -2.07. The van der Waals surface area contributed by atoms with Crippen molar-refractivity contribution in [3.05, 3.63) is 41.7 Å². The van der Waals surface area contributed by atoms with Gasteiger partial charge in [-0.25, -0.2) is 0 Å². The molecule has 0 amide bonds. The summed E-state index contributed by atoms with van der Waals surface area (Å²) in [6, 6.07) is 2.23. The molecule has 104 valence electrons. The largest absolute Gasteiger partial charge is 0.417 e. The molecule has 1 heterocycles. The highest BCUT2D eigenvalue weighted by molar-refractivity contribution is 5.96. The highest BCUT2D eigenvalue weighted by atomic mass is 19.4. The molecule has 0 N–H and O–H groups in total. The van der Waals surface area contributed by atoms with Crippen LogP contribution in [0.5, 0.6) is 0 Å². The van der Waals surface area contributed by atoms with Crippen LogP contribution in [0.15, 0.2) is 35.6 Å². The Hall–Kier alpha value is -1.85. The number of aromatic nitrogens is 1. The molecule has 1 aromatic heterocycles. The van der Waals surface area contributed by atoms with Crippen LogP contribution in [0.2, 0.25) is 0 Å². The molecule has 3 nitrogen and oxygen atoms in total. The zero-order valence-electron chi connectivity index (χ0n) is 10.8. The molecule has 0 radical (unpaired) electrons. The van der Waals surface area contributed by atoms with Crippen molar-refractivity contribution >= 4 is 5.71 Å². The van der Waals surface area contributed by atoms with E-state index in [1.807, 2.05) is 6.92 Å². The fourth-order valence-electron chi connectivity index (χ4n) is 1.14. The lowest BCUT2D eigenvalue weighted by atomic mass is 10.2. The number of hydrogen-bond donors (Lipinski definition) is 0. The Balaban J connectivity index is 2.70. The van der Waals surface area contributed by atoms with Crippen molar-refractivity contribution in [2.75, 3.05) is 6.61 Å². The van der Waals surface area contributed by atoms with Crippen molar-refractivity contribution in [2.45, 2.75) is 26.4 Å². The van der Waals surface area contributed by atoms with Crippen LogP contribution in [-0.4, -0.2) is 17.3 Å². The van der Waals surface area contributed by atoms with Crippen LogP contribution in [0.25, 0.3) is 0 Å². The third-order valence-corrected chi connectivity index (χ3v) is 2.43. The quantitative estimate of drug-likeness (QED) is 0.464. The smallest absolute Gasteiger partial charge is 0.391 e. The van der Waals surface area contributed by atoms with E-state index in [0.29, 0.717) is 11.4 Å². The van der Waals surface area contributed by atoms with Gasteiger partial charge in [0.05, 0.1) is 11.3 Å². The first-order chi connectivity index (χ1) is 8.84. The van der Waals surface area contributed by atoms with E-state index in [-0.39, 0.29) is 6.61 Å². The maximum Gasteiger partial charge on any atom is 0.417 e. The summed E-state index contributed by atoms with van der Waals surface area (Å²) in [6.45, 7) is 7.59. The molecule has 0 aliphatic heterocycles. The minimum Gasteiger partial charge on any atom is -0.391 e. The Morgan fingerprint density at radius 2 is 2.11 bits per heavy atom. The van der Waals surface area contributed by atoms with Crippen molar-refractivity contribution in [3.8, 4) is 0 Å². The topological polar surface area (TPSA) is 34.5 Å². The molecule has 0 aliphatic rings. The summed E-state index contributed by atoms with van der Waals surface area (Å²) in [5.74, 6) is 0. The number of nitrogens with zero attached hydrogens (tertiary/aromatic N) is 2. The molecule has 0 aliphatic carbocycles.